The van der Waals surface area contributed by atoms with Crippen LogP contribution in [0.5, 0.6) is 5.75 Å². The molecule has 0 saturated carbocycles. The van der Waals surface area contributed by atoms with Crippen LogP contribution in [0, 0.1) is 0 Å². The summed E-state index contributed by atoms with van der Waals surface area (Å²) in [7, 11) is 0. The Morgan fingerprint density at radius 2 is 2.19 bits per heavy atom. The molecule has 1 aromatic rings. The van der Waals surface area contributed by atoms with Gasteiger partial charge in [-0.05, 0) is 36.6 Å². The molecule has 86 valence electrons. The van der Waals surface area contributed by atoms with Gasteiger partial charge in [-0.1, -0.05) is 0 Å². The highest BCUT2D eigenvalue weighted by molar-refractivity contribution is 5.79. The molecule has 0 aromatic heterocycles. The van der Waals surface area contributed by atoms with Gasteiger partial charge in [0.15, 0.2) is 6.29 Å². The number of aromatic hydroxyl groups is 1. The van der Waals surface area contributed by atoms with Crippen molar-refractivity contribution in [3.05, 3.63) is 28.8 Å². The van der Waals surface area contributed by atoms with Crippen LogP contribution >= 0.6 is 0 Å². The van der Waals surface area contributed by atoms with Gasteiger partial charge in [-0.25, -0.2) is 0 Å². The number of carbonyl (C=O) groups is 1. The van der Waals surface area contributed by atoms with Crippen LogP contribution in [0.4, 0.5) is 0 Å². The summed E-state index contributed by atoms with van der Waals surface area (Å²) in [4.78, 5) is 12.6. The van der Waals surface area contributed by atoms with Crippen molar-refractivity contribution in [2.45, 2.75) is 26.1 Å². The molecular formula is C12H15NO3. The van der Waals surface area contributed by atoms with E-state index >= 15 is 0 Å². The van der Waals surface area contributed by atoms with Crippen LogP contribution < -0.4 is 0 Å². The van der Waals surface area contributed by atoms with Crippen molar-refractivity contribution in [2.75, 3.05) is 6.54 Å². The molecule has 4 nitrogen and oxygen atoms in total. The third kappa shape index (κ3) is 1.94. The highest BCUT2D eigenvalue weighted by Gasteiger charge is 2.20. The number of nitrogens with zero attached hydrogens (tertiary/aromatic N) is 1. The van der Waals surface area contributed by atoms with E-state index in [1.807, 2.05) is 4.90 Å². The number of benzene rings is 1. The topological polar surface area (TPSA) is 60.8 Å². The van der Waals surface area contributed by atoms with E-state index in [9.17, 15) is 15.0 Å². The van der Waals surface area contributed by atoms with E-state index in [-0.39, 0.29) is 5.75 Å². The van der Waals surface area contributed by atoms with Gasteiger partial charge < -0.3 is 10.2 Å². The second-order valence-corrected chi connectivity index (χ2v) is 4.15. The molecule has 1 atom stereocenters. The molecule has 4 heteroatoms. The van der Waals surface area contributed by atoms with Crippen LogP contribution in [0.1, 0.15) is 28.4 Å². The smallest absolute Gasteiger partial charge is 0.153 e. The summed E-state index contributed by atoms with van der Waals surface area (Å²) in [5, 5.41) is 19.0. The van der Waals surface area contributed by atoms with E-state index in [1.54, 1.807) is 19.1 Å². The van der Waals surface area contributed by atoms with E-state index in [4.69, 9.17) is 0 Å². The number of hydrogen-bond acceptors (Lipinski definition) is 4. The van der Waals surface area contributed by atoms with Gasteiger partial charge >= 0.3 is 0 Å². The molecule has 0 radical (unpaired) electrons. The normalized spacial score (nSPS) is 17.9. The predicted octanol–water partition coefficient (Wildman–Crippen LogP) is 0.901. The number of hydrogen-bond donors (Lipinski definition) is 2. The SMILES string of the molecule is CC(O)N1CCc2cc(O)c(C=O)cc2C1. The average molecular weight is 221 g/mol. The number of aldehydes is 1. The van der Waals surface area contributed by atoms with Crippen LogP contribution in [0.25, 0.3) is 0 Å². The van der Waals surface area contributed by atoms with E-state index in [0.717, 1.165) is 24.1 Å². The van der Waals surface area contributed by atoms with Gasteiger partial charge in [0, 0.05) is 13.1 Å². The lowest BCUT2D eigenvalue weighted by atomic mass is 9.97. The lowest BCUT2D eigenvalue weighted by molar-refractivity contribution is 0.00916. The Labute approximate surface area is 94.1 Å². The van der Waals surface area contributed by atoms with Crippen molar-refractivity contribution in [1.29, 1.82) is 0 Å². The highest BCUT2D eigenvalue weighted by Crippen LogP contribution is 2.26. The highest BCUT2D eigenvalue weighted by atomic mass is 16.3. The van der Waals surface area contributed by atoms with E-state index in [2.05, 4.69) is 0 Å². The number of aliphatic hydroxyl groups excluding tert-OH is 1. The first kappa shape index (κ1) is 11.1. The maximum atomic E-state index is 10.7. The summed E-state index contributed by atoms with van der Waals surface area (Å²) in [6, 6.07) is 3.35. The molecule has 0 spiro atoms. The largest absolute Gasteiger partial charge is 0.507 e. The van der Waals surface area contributed by atoms with Crippen LogP contribution in [0.15, 0.2) is 12.1 Å². The minimum Gasteiger partial charge on any atom is -0.507 e. The fourth-order valence-electron chi connectivity index (χ4n) is 2.05. The molecule has 2 N–H and O–H groups in total. The van der Waals surface area contributed by atoms with Crippen molar-refractivity contribution in [1.82, 2.24) is 4.90 Å². The summed E-state index contributed by atoms with van der Waals surface area (Å²) in [5.74, 6) is 0.0410. The lowest BCUT2D eigenvalue weighted by Gasteiger charge is -2.31. The molecule has 0 fully saturated rings. The maximum absolute atomic E-state index is 10.7. The average Bonchev–Trinajstić information content (AvgIpc) is 2.27. The molecule has 1 unspecified atom stereocenters. The summed E-state index contributed by atoms with van der Waals surface area (Å²) in [6.07, 6.45) is 0.950. The molecule has 0 amide bonds. The van der Waals surface area contributed by atoms with Gasteiger partial charge in [0.25, 0.3) is 0 Å². The number of phenolic OH excluding ortho intramolecular Hbond substituents is 1. The lowest BCUT2D eigenvalue weighted by Crippen LogP contribution is -2.37. The molecule has 1 heterocycles. The molecule has 2 rings (SSSR count). The second kappa shape index (κ2) is 4.23. The summed E-state index contributed by atoms with van der Waals surface area (Å²) < 4.78 is 0. The Balaban J connectivity index is 2.34. The first-order chi connectivity index (χ1) is 7.61. The van der Waals surface area contributed by atoms with Crippen molar-refractivity contribution in [3.63, 3.8) is 0 Å². The van der Waals surface area contributed by atoms with Gasteiger partial charge in [-0.2, -0.15) is 0 Å². The number of aliphatic hydroxyl groups is 1. The fraction of sp³-hybridized carbons (Fsp3) is 0.417. The molecule has 1 aromatic carbocycles. The van der Waals surface area contributed by atoms with Gasteiger partial charge in [-0.3, -0.25) is 9.69 Å². The van der Waals surface area contributed by atoms with Gasteiger partial charge in [0.05, 0.1) is 5.56 Å². The van der Waals surface area contributed by atoms with E-state index in [1.165, 1.54) is 0 Å². The zero-order chi connectivity index (χ0) is 11.7. The third-order valence-corrected chi connectivity index (χ3v) is 3.05. The molecule has 1 aliphatic rings. The molecule has 1 aliphatic heterocycles. The molecular weight excluding hydrogens is 206 g/mol. The zero-order valence-electron chi connectivity index (χ0n) is 9.18. The van der Waals surface area contributed by atoms with Gasteiger partial charge in [0.1, 0.15) is 12.0 Å². The minimum absolute atomic E-state index is 0.0410. The van der Waals surface area contributed by atoms with E-state index in [0.29, 0.717) is 18.4 Å². The van der Waals surface area contributed by atoms with Crippen LogP contribution in [0.2, 0.25) is 0 Å². The fourth-order valence-corrected chi connectivity index (χ4v) is 2.05. The third-order valence-electron chi connectivity index (χ3n) is 3.05. The quantitative estimate of drug-likeness (QED) is 0.728. The first-order valence-electron chi connectivity index (χ1n) is 5.34. The standard InChI is InChI=1S/C12H15NO3/c1-8(15)13-3-2-9-5-12(16)11(7-14)4-10(9)6-13/h4-5,7-8,15-16H,2-3,6H2,1H3. The Kier molecular flexibility index (Phi) is 2.94. The first-order valence-corrected chi connectivity index (χ1v) is 5.34. The second-order valence-electron chi connectivity index (χ2n) is 4.15. The van der Waals surface area contributed by atoms with Crippen molar-refractivity contribution in [3.8, 4) is 5.75 Å². The minimum atomic E-state index is -0.485. The number of rotatable bonds is 2. The van der Waals surface area contributed by atoms with Crippen molar-refractivity contribution in [2.24, 2.45) is 0 Å². The van der Waals surface area contributed by atoms with Crippen molar-refractivity contribution < 1.29 is 15.0 Å². The monoisotopic (exact) mass is 221 g/mol. The van der Waals surface area contributed by atoms with Crippen LogP contribution in [-0.4, -0.2) is 34.2 Å². The van der Waals surface area contributed by atoms with Crippen LogP contribution in [0.3, 0.4) is 0 Å². The molecule has 0 saturated heterocycles. The predicted molar refractivity (Wildman–Crippen MR) is 59.3 cm³/mol. The Hall–Kier alpha value is -1.39. The molecule has 0 bridgehead atoms. The summed E-state index contributed by atoms with van der Waals surface area (Å²) in [6.45, 7) is 3.12. The Morgan fingerprint density at radius 1 is 1.44 bits per heavy atom. The maximum Gasteiger partial charge on any atom is 0.153 e. The van der Waals surface area contributed by atoms with Crippen molar-refractivity contribution >= 4 is 6.29 Å². The Morgan fingerprint density at radius 3 is 2.81 bits per heavy atom. The van der Waals surface area contributed by atoms with Crippen LogP contribution in [-0.2, 0) is 13.0 Å². The zero-order valence-corrected chi connectivity index (χ0v) is 9.18. The molecule has 16 heavy (non-hydrogen) atoms. The number of carbonyl (C=O) groups excluding carboxylic acids is 1. The number of fused-ring (bicyclic) bond motifs is 1. The van der Waals surface area contributed by atoms with E-state index < -0.39 is 6.23 Å². The summed E-state index contributed by atoms with van der Waals surface area (Å²) >= 11 is 0. The Bertz CT molecular complexity index is 415. The molecule has 0 aliphatic carbocycles. The number of phenols is 1. The van der Waals surface area contributed by atoms with Gasteiger partial charge in [0.2, 0.25) is 0 Å². The van der Waals surface area contributed by atoms with Gasteiger partial charge in [-0.15, -0.1) is 0 Å². The summed E-state index contributed by atoms with van der Waals surface area (Å²) in [5.41, 5.74) is 2.37.